The van der Waals surface area contributed by atoms with Gasteiger partial charge in [0, 0.05) is 18.2 Å². The largest absolute Gasteiger partial charge is 0.495 e. The Kier molecular flexibility index (Phi) is 3.33. The normalized spacial score (nSPS) is 24.1. The van der Waals surface area contributed by atoms with Crippen LogP contribution in [0.5, 0.6) is 5.75 Å². The number of nitrogens with one attached hydrogen (secondary N) is 1. The predicted molar refractivity (Wildman–Crippen MR) is 62.5 cm³/mol. The molecule has 16 heavy (non-hydrogen) atoms. The van der Waals surface area contributed by atoms with Crippen LogP contribution < -0.4 is 10.1 Å². The highest BCUT2D eigenvalue weighted by molar-refractivity contribution is 6.32. The molecule has 0 saturated carbocycles. The summed E-state index contributed by atoms with van der Waals surface area (Å²) in [7, 11) is 1.61. The molecule has 1 aliphatic heterocycles. The summed E-state index contributed by atoms with van der Waals surface area (Å²) in [5, 5.41) is 12.8. The first-order chi connectivity index (χ1) is 7.76. The zero-order valence-electron chi connectivity index (χ0n) is 9.03. The molecular formula is C12H13ClN2O. The second-order valence-electron chi connectivity index (χ2n) is 3.88. The van der Waals surface area contributed by atoms with Crippen LogP contribution in [-0.4, -0.2) is 13.7 Å². The molecule has 2 atom stereocenters. The van der Waals surface area contributed by atoms with Gasteiger partial charge in [0.25, 0.3) is 0 Å². The van der Waals surface area contributed by atoms with Crippen molar-refractivity contribution >= 4 is 11.6 Å². The predicted octanol–water partition coefficient (Wildman–Crippen LogP) is 2.52. The molecule has 1 fully saturated rings. The van der Waals surface area contributed by atoms with Crippen LogP contribution in [0.25, 0.3) is 0 Å². The fraction of sp³-hybridized carbons (Fsp3) is 0.417. The molecule has 3 nitrogen and oxygen atoms in total. The van der Waals surface area contributed by atoms with E-state index in [1.165, 1.54) is 0 Å². The van der Waals surface area contributed by atoms with E-state index in [-0.39, 0.29) is 12.0 Å². The van der Waals surface area contributed by atoms with E-state index in [1.54, 1.807) is 13.2 Å². The van der Waals surface area contributed by atoms with Gasteiger partial charge in [0.2, 0.25) is 0 Å². The standard InChI is InChI=1S/C12H13ClN2O/c1-16-12-9(3-2-4-10(12)13)11-5-8(6-14)7-15-11/h2-4,8,11,15H,5,7H2,1H3. The Morgan fingerprint density at radius 2 is 2.38 bits per heavy atom. The molecule has 2 rings (SSSR count). The van der Waals surface area contributed by atoms with Gasteiger partial charge in [-0.15, -0.1) is 0 Å². The lowest BCUT2D eigenvalue weighted by Gasteiger charge is -2.15. The van der Waals surface area contributed by atoms with Crippen molar-refractivity contribution in [1.82, 2.24) is 5.32 Å². The van der Waals surface area contributed by atoms with Crippen molar-refractivity contribution in [2.24, 2.45) is 5.92 Å². The summed E-state index contributed by atoms with van der Waals surface area (Å²) in [4.78, 5) is 0. The maximum Gasteiger partial charge on any atom is 0.142 e. The summed E-state index contributed by atoms with van der Waals surface area (Å²) in [6.07, 6.45) is 0.813. The number of nitriles is 1. The zero-order valence-corrected chi connectivity index (χ0v) is 9.79. The first-order valence-corrected chi connectivity index (χ1v) is 5.59. The lowest BCUT2D eigenvalue weighted by atomic mass is 10.0. The fourth-order valence-corrected chi connectivity index (χ4v) is 2.35. The lowest BCUT2D eigenvalue weighted by molar-refractivity contribution is 0.403. The summed E-state index contributed by atoms with van der Waals surface area (Å²) >= 11 is 6.06. The van der Waals surface area contributed by atoms with E-state index in [1.807, 2.05) is 12.1 Å². The first kappa shape index (κ1) is 11.3. The number of hydrogen-bond donors (Lipinski definition) is 1. The molecule has 0 aliphatic carbocycles. The maximum atomic E-state index is 8.86. The van der Waals surface area contributed by atoms with E-state index in [0.29, 0.717) is 10.8 Å². The summed E-state index contributed by atoms with van der Waals surface area (Å²) in [6.45, 7) is 0.733. The van der Waals surface area contributed by atoms with Gasteiger partial charge in [0.1, 0.15) is 5.75 Å². The van der Waals surface area contributed by atoms with Crippen LogP contribution >= 0.6 is 11.6 Å². The van der Waals surface area contributed by atoms with E-state index < -0.39 is 0 Å². The zero-order chi connectivity index (χ0) is 11.5. The van der Waals surface area contributed by atoms with Gasteiger partial charge in [0.15, 0.2) is 0 Å². The number of benzene rings is 1. The third-order valence-corrected chi connectivity index (χ3v) is 3.19. The molecule has 84 valence electrons. The van der Waals surface area contributed by atoms with E-state index in [2.05, 4.69) is 11.4 Å². The van der Waals surface area contributed by atoms with Crippen LogP contribution in [0.4, 0.5) is 0 Å². The molecule has 1 heterocycles. The number of para-hydroxylation sites is 1. The molecule has 0 spiro atoms. The molecule has 1 saturated heterocycles. The second kappa shape index (κ2) is 4.73. The minimum atomic E-state index is 0.0775. The van der Waals surface area contributed by atoms with Gasteiger partial charge in [-0.05, 0) is 12.5 Å². The summed E-state index contributed by atoms with van der Waals surface area (Å²) in [6, 6.07) is 8.14. The number of halogens is 1. The van der Waals surface area contributed by atoms with Crippen molar-refractivity contribution in [2.75, 3.05) is 13.7 Å². The van der Waals surface area contributed by atoms with Crippen LogP contribution in [0.1, 0.15) is 18.0 Å². The van der Waals surface area contributed by atoms with Crippen LogP contribution in [0.2, 0.25) is 5.02 Å². The monoisotopic (exact) mass is 236 g/mol. The van der Waals surface area contributed by atoms with E-state index in [0.717, 1.165) is 18.5 Å². The second-order valence-corrected chi connectivity index (χ2v) is 4.29. The Morgan fingerprint density at radius 1 is 1.56 bits per heavy atom. The molecule has 1 aromatic carbocycles. The average Bonchev–Trinajstić information content (AvgIpc) is 2.77. The average molecular weight is 237 g/mol. The molecule has 4 heteroatoms. The van der Waals surface area contributed by atoms with Gasteiger partial charge in [-0.25, -0.2) is 0 Å². The van der Waals surface area contributed by atoms with Crippen molar-refractivity contribution in [3.05, 3.63) is 28.8 Å². The summed E-state index contributed by atoms with van der Waals surface area (Å²) in [5.41, 5.74) is 1.03. The third kappa shape index (κ3) is 1.99. The summed E-state index contributed by atoms with van der Waals surface area (Å²) in [5.74, 6) is 0.786. The van der Waals surface area contributed by atoms with E-state index >= 15 is 0 Å². The molecule has 1 aliphatic rings. The molecule has 0 amide bonds. The third-order valence-electron chi connectivity index (χ3n) is 2.89. The van der Waals surface area contributed by atoms with Gasteiger partial charge < -0.3 is 10.1 Å². The van der Waals surface area contributed by atoms with Crippen molar-refractivity contribution in [3.8, 4) is 11.8 Å². The smallest absolute Gasteiger partial charge is 0.142 e. The van der Waals surface area contributed by atoms with E-state index in [9.17, 15) is 0 Å². The molecule has 0 aromatic heterocycles. The Hall–Kier alpha value is -1.24. The minimum Gasteiger partial charge on any atom is -0.495 e. The van der Waals surface area contributed by atoms with Gasteiger partial charge in [-0.1, -0.05) is 23.7 Å². The van der Waals surface area contributed by atoms with Crippen LogP contribution in [0.15, 0.2) is 18.2 Å². The van der Waals surface area contributed by atoms with Crippen LogP contribution in [0.3, 0.4) is 0 Å². The van der Waals surface area contributed by atoms with Gasteiger partial charge in [0.05, 0.1) is 24.1 Å². The molecule has 2 unspecified atom stereocenters. The Labute approximate surface area is 100.0 Å². The Bertz CT molecular complexity index is 428. The summed E-state index contributed by atoms with van der Waals surface area (Å²) < 4.78 is 5.30. The highest BCUT2D eigenvalue weighted by Crippen LogP contribution is 2.36. The number of ether oxygens (including phenoxy) is 1. The van der Waals surface area contributed by atoms with Crippen molar-refractivity contribution in [2.45, 2.75) is 12.5 Å². The number of methoxy groups -OCH3 is 1. The molecule has 0 bridgehead atoms. The number of hydrogen-bond acceptors (Lipinski definition) is 3. The van der Waals surface area contributed by atoms with Gasteiger partial charge in [-0.2, -0.15) is 5.26 Å². The lowest BCUT2D eigenvalue weighted by Crippen LogP contribution is -2.14. The maximum absolute atomic E-state index is 8.86. The van der Waals surface area contributed by atoms with Crippen molar-refractivity contribution < 1.29 is 4.74 Å². The molecular weight excluding hydrogens is 224 g/mol. The fourth-order valence-electron chi connectivity index (χ4n) is 2.09. The first-order valence-electron chi connectivity index (χ1n) is 5.21. The topological polar surface area (TPSA) is 45.0 Å². The quantitative estimate of drug-likeness (QED) is 0.858. The Balaban J connectivity index is 2.28. The molecule has 0 radical (unpaired) electrons. The van der Waals surface area contributed by atoms with Gasteiger partial charge in [-0.3, -0.25) is 0 Å². The van der Waals surface area contributed by atoms with Crippen LogP contribution in [-0.2, 0) is 0 Å². The highest BCUT2D eigenvalue weighted by atomic mass is 35.5. The molecule has 1 N–H and O–H groups in total. The van der Waals surface area contributed by atoms with Crippen LogP contribution in [0, 0.1) is 17.2 Å². The SMILES string of the molecule is COc1c(Cl)cccc1C1CC(C#N)CN1. The van der Waals surface area contributed by atoms with Crippen molar-refractivity contribution in [1.29, 1.82) is 5.26 Å². The number of rotatable bonds is 2. The Morgan fingerprint density at radius 3 is 3.00 bits per heavy atom. The minimum absolute atomic E-state index is 0.0775. The number of nitrogens with zero attached hydrogens (tertiary/aromatic N) is 1. The molecule has 1 aromatic rings. The van der Waals surface area contributed by atoms with Crippen molar-refractivity contribution in [3.63, 3.8) is 0 Å². The highest BCUT2D eigenvalue weighted by Gasteiger charge is 2.27. The van der Waals surface area contributed by atoms with E-state index in [4.69, 9.17) is 21.6 Å². The van der Waals surface area contributed by atoms with Gasteiger partial charge >= 0.3 is 0 Å².